The van der Waals surface area contributed by atoms with Crippen molar-refractivity contribution in [1.82, 2.24) is 24.4 Å². The van der Waals surface area contributed by atoms with Gasteiger partial charge in [0.25, 0.3) is 5.56 Å². The second-order valence-electron chi connectivity index (χ2n) is 14.3. The Labute approximate surface area is 315 Å². The van der Waals surface area contributed by atoms with Crippen molar-refractivity contribution < 1.29 is 28.9 Å². The van der Waals surface area contributed by atoms with E-state index in [0.29, 0.717) is 12.2 Å². The summed E-state index contributed by atoms with van der Waals surface area (Å²) < 4.78 is 19.9. The SMILES string of the molecule is CC(C)=CCC/C(C)=C/CC/C(C)=C/Cn1cnc2c(ncn2[C@H]2C[C@H](O)[C@@H](COC(=O)CNC(=O)OCC3c4ccccc4-c4ccccc43)O2)c1=O. The Morgan fingerprint density at radius 3 is 2.26 bits per heavy atom. The number of rotatable bonds is 15. The van der Waals surface area contributed by atoms with Crippen LogP contribution in [-0.2, 0) is 25.5 Å². The maximum Gasteiger partial charge on any atom is 0.407 e. The number of carbonyl (C=O) groups excluding carboxylic acids is 2. The molecule has 3 atom stereocenters. The summed E-state index contributed by atoms with van der Waals surface area (Å²) >= 11 is 0. The molecule has 2 N–H and O–H groups in total. The third-order valence-electron chi connectivity index (χ3n) is 9.95. The van der Waals surface area contributed by atoms with E-state index in [1.165, 1.54) is 33.9 Å². The van der Waals surface area contributed by atoms with Gasteiger partial charge in [-0.15, -0.1) is 0 Å². The van der Waals surface area contributed by atoms with E-state index in [9.17, 15) is 19.5 Å². The summed E-state index contributed by atoms with van der Waals surface area (Å²) in [6, 6.07) is 16.1. The number of ether oxygens (including phenoxy) is 3. The quantitative estimate of drug-likeness (QED) is 0.100. The van der Waals surface area contributed by atoms with Gasteiger partial charge in [0, 0.05) is 18.9 Å². The third kappa shape index (κ3) is 9.23. The zero-order valence-electron chi connectivity index (χ0n) is 31.4. The Hall–Kier alpha value is -5.33. The van der Waals surface area contributed by atoms with E-state index in [2.05, 4.69) is 67.3 Å². The van der Waals surface area contributed by atoms with Crippen LogP contribution in [0.2, 0.25) is 0 Å². The van der Waals surface area contributed by atoms with E-state index in [-0.39, 0.29) is 36.6 Å². The number of aliphatic hydroxyl groups is 1. The molecule has 54 heavy (non-hydrogen) atoms. The molecule has 1 aliphatic heterocycles. The van der Waals surface area contributed by atoms with Gasteiger partial charge in [0.15, 0.2) is 11.2 Å². The molecule has 3 heterocycles. The van der Waals surface area contributed by atoms with E-state index < -0.39 is 37.0 Å². The highest BCUT2D eigenvalue weighted by Crippen LogP contribution is 2.44. The molecule has 12 heteroatoms. The van der Waals surface area contributed by atoms with Gasteiger partial charge in [-0.05, 0) is 75.6 Å². The number of allylic oxidation sites excluding steroid dienone is 6. The highest BCUT2D eigenvalue weighted by molar-refractivity contribution is 5.80. The molecule has 0 unspecified atom stereocenters. The van der Waals surface area contributed by atoms with Crippen molar-refractivity contribution in [3.63, 3.8) is 0 Å². The van der Waals surface area contributed by atoms with Gasteiger partial charge < -0.3 is 24.6 Å². The second-order valence-corrected chi connectivity index (χ2v) is 14.3. The Bertz CT molecular complexity index is 2080. The van der Waals surface area contributed by atoms with Crippen LogP contribution in [0.5, 0.6) is 0 Å². The molecule has 0 spiro atoms. The molecule has 284 valence electrons. The Balaban J connectivity index is 0.947. The van der Waals surface area contributed by atoms with Crippen LogP contribution in [0.15, 0.2) is 101 Å². The number of aromatic nitrogens is 4. The number of nitrogens with zero attached hydrogens (tertiary/aromatic N) is 4. The normalized spacial score (nSPS) is 18.4. The number of imidazole rings is 1. The molecule has 1 fully saturated rings. The minimum atomic E-state index is -0.945. The summed E-state index contributed by atoms with van der Waals surface area (Å²) in [7, 11) is 0. The lowest BCUT2D eigenvalue weighted by Gasteiger charge is -2.16. The van der Waals surface area contributed by atoms with Crippen molar-refractivity contribution in [2.45, 2.75) is 90.7 Å². The van der Waals surface area contributed by atoms with Crippen molar-refractivity contribution in [2.24, 2.45) is 0 Å². The first-order valence-electron chi connectivity index (χ1n) is 18.5. The van der Waals surface area contributed by atoms with Crippen molar-refractivity contribution in [3.8, 4) is 11.1 Å². The van der Waals surface area contributed by atoms with Crippen LogP contribution in [0.3, 0.4) is 0 Å². The summed E-state index contributed by atoms with van der Waals surface area (Å²) in [5.41, 5.74) is 8.60. The lowest BCUT2D eigenvalue weighted by atomic mass is 9.98. The van der Waals surface area contributed by atoms with E-state index >= 15 is 0 Å². The first-order valence-corrected chi connectivity index (χ1v) is 18.5. The van der Waals surface area contributed by atoms with Crippen LogP contribution in [-0.4, -0.2) is 68.2 Å². The van der Waals surface area contributed by atoms with Crippen molar-refractivity contribution in [1.29, 1.82) is 0 Å². The van der Waals surface area contributed by atoms with Crippen LogP contribution in [0, 0.1) is 0 Å². The van der Waals surface area contributed by atoms with Crippen molar-refractivity contribution in [2.75, 3.05) is 19.8 Å². The molecular formula is C42H49N5O7. The van der Waals surface area contributed by atoms with Crippen LogP contribution >= 0.6 is 0 Å². The maximum absolute atomic E-state index is 13.3. The molecule has 2 aromatic carbocycles. The molecule has 0 saturated carbocycles. The van der Waals surface area contributed by atoms with E-state index in [1.54, 1.807) is 4.57 Å². The van der Waals surface area contributed by atoms with Gasteiger partial charge in [0.05, 0.1) is 12.4 Å². The van der Waals surface area contributed by atoms with Gasteiger partial charge in [0.1, 0.15) is 38.4 Å². The van der Waals surface area contributed by atoms with Gasteiger partial charge in [-0.2, -0.15) is 0 Å². The van der Waals surface area contributed by atoms with Gasteiger partial charge in [0.2, 0.25) is 0 Å². The zero-order chi connectivity index (χ0) is 38.2. The highest BCUT2D eigenvalue weighted by Gasteiger charge is 2.37. The number of hydrogen-bond acceptors (Lipinski definition) is 9. The fourth-order valence-corrected chi connectivity index (χ4v) is 6.94. The van der Waals surface area contributed by atoms with Crippen LogP contribution in [0.25, 0.3) is 22.3 Å². The second kappa shape index (κ2) is 17.7. The highest BCUT2D eigenvalue weighted by atomic mass is 16.6. The van der Waals surface area contributed by atoms with Gasteiger partial charge in [-0.1, -0.05) is 83.5 Å². The van der Waals surface area contributed by atoms with Gasteiger partial charge in [-0.3, -0.25) is 18.7 Å². The standard InChI is InChI=1S/C42H49N5O7/c1-27(2)11-9-12-28(3)13-10-14-29(4)19-20-46-25-45-40-39(41(46)50)44-26-47(40)37-21-35(48)36(54-37)24-52-38(49)22-43-42(51)53-23-34-32-17-7-5-15-30(32)31-16-6-8-18-33(31)34/h5-8,11,13,15-19,25-26,34-37,48H,9-10,12,14,20-24H2,1-4H3,(H,43,51)/b28-13+,29-19+/t35-,36+,37+/m0/s1. The first-order chi connectivity index (χ1) is 26.1. The smallest absolute Gasteiger partial charge is 0.407 e. The first kappa shape index (κ1) is 38.4. The number of benzene rings is 2. The topological polar surface area (TPSA) is 147 Å². The largest absolute Gasteiger partial charge is 0.461 e. The number of fused-ring (bicyclic) bond motifs is 4. The van der Waals surface area contributed by atoms with E-state index in [0.717, 1.165) is 47.9 Å². The fraction of sp³-hybridized carbons (Fsp3) is 0.405. The summed E-state index contributed by atoms with van der Waals surface area (Å²) in [6.45, 7) is 8.33. The lowest BCUT2D eigenvalue weighted by molar-refractivity contribution is -0.148. The van der Waals surface area contributed by atoms with Crippen LogP contribution in [0.1, 0.15) is 83.1 Å². The lowest BCUT2D eigenvalue weighted by Crippen LogP contribution is -2.34. The molecule has 1 amide bonds. The summed E-state index contributed by atoms with van der Waals surface area (Å²) in [6.07, 6.45) is 10.5. The predicted molar refractivity (Wildman–Crippen MR) is 206 cm³/mol. The summed E-state index contributed by atoms with van der Waals surface area (Å²) in [5.74, 6) is -0.807. The molecule has 0 radical (unpaired) electrons. The zero-order valence-corrected chi connectivity index (χ0v) is 31.4. The number of aliphatic hydroxyl groups excluding tert-OH is 1. The van der Waals surface area contributed by atoms with E-state index in [1.807, 2.05) is 42.5 Å². The molecule has 0 bridgehead atoms. The Morgan fingerprint density at radius 2 is 1.56 bits per heavy atom. The molecule has 2 aliphatic rings. The Kier molecular flexibility index (Phi) is 12.6. The summed E-state index contributed by atoms with van der Waals surface area (Å²) in [5, 5.41) is 13.1. The van der Waals surface area contributed by atoms with E-state index in [4.69, 9.17) is 14.2 Å². The summed E-state index contributed by atoms with van der Waals surface area (Å²) in [4.78, 5) is 47.0. The maximum atomic E-state index is 13.3. The number of hydrogen-bond donors (Lipinski definition) is 2. The minimum Gasteiger partial charge on any atom is -0.461 e. The molecule has 1 aliphatic carbocycles. The molecule has 4 aromatic rings. The monoisotopic (exact) mass is 735 g/mol. The Morgan fingerprint density at radius 1 is 0.889 bits per heavy atom. The number of carbonyl (C=O) groups is 2. The minimum absolute atomic E-state index is 0.102. The third-order valence-corrected chi connectivity index (χ3v) is 9.95. The van der Waals surface area contributed by atoms with Gasteiger partial charge >= 0.3 is 12.1 Å². The number of nitrogens with one attached hydrogen (secondary N) is 1. The molecule has 2 aromatic heterocycles. The molecule has 1 saturated heterocycles. The molecule has 6 rings (SSSR count). The predicted octanol–water partition coefficient (Wildman–Crippen LogP) is 6.74. The average Bonchev–Trinajstić information content (AvgIpc) is 3.85. The average molecular weight is 736 g/mol. The van der Waals surface area contributed by atoms with Crippen molar-refractivity contribution >= 4 is 23.2 Å². The van der Waals surface area contributed by atoms with Crippen molar-refractivity contribution in [3.05, 3.63) is 118 Å². The fourth-order valence-electron chi connectivity index (χ4n) is 6.94. The number of esters is 1. The molecular weight excluding hydrogens is 686 g/mol. The number of alkyl carbamates (subject to hydrolysis) is 1. The number of amides is 1. The van der Waals surface area contributed by atoms with Gasteiger partial charge in [-0.25, -0.2) is 14.8 Å². The molecule has 12 nitrogen and oxygen atoms in total. The van der Waals surface area contributed by atoms with Crippen LogP contribution < -0.4 is 10.9 Å². The van der Waals surface area contributed by atoms with Crippen LogP contribution in [0.4, 0.5) is 4.79 Å².